The van der Waals surface area contributed by atoms with Crippen molar-refractivity contribution in [2.24, 2.45) is 5.73 Å². The van der Waals surface area contributed by atoms with E-state index >= 15 is 0 Å². The molecule has 3 N–H and O–H groups in total. The molecular weight excluding hydrogens is 218 g/mol. The lowest BCUT2D eigenvalue weighted by atomic mass is 10.1. The minimum Gasteiger partial charge on any atom is -0.380 e. The molecule has 0 spiro atoms. The average molecular weight is 235 g/mol. The summed E-state index contributed by atoms with van der Waals surface area (Å²) in [5, 5.41) is 11.2. The summed E-state index contributed by atoms with van der Waals surface area (Å²) >= 11 is 0. The standard InChI is InChI=1S/C12H17N3O2/c13-12-10-14(17-15(12)16)9-5-4-8-11-6-2-1-3-7-11/h1-3,6-7,10,16H,4-5,8-9,13H2. The molecule has 0 fully saturated rings. The van der Waals surface area contributed by atoms with Crippen molar-refractivity contribution < 1.29 is 10.1 Å². The van der Waals surface area contributed by atoms with Crippen molar-refractivity contribution in [2.45, 2.75) is 19.3 Å². The molecule has 0 bridgehead atoms. The van der Waals surface area contributed by atoms with Crippen LogP contribution < -0.4 is 5.73 Å². The molecule has 0 radical (unpaired) electrons. The predicted molar refractivity (Wildman–Crippen MR) is 63.1 cm³/mol. The Balaban J connectivity index is 1.64. The van der Waals surface area contributed by atoms with Gasteiger partial charge in [0.1, 0.15) is 0 Å². The third-order valence-corrected chi connectivity index (χ3v) is 2.62. The topological polar surface area (TPSA) is 62.0 Å². The fourth-order valence-corrected chi connectivity index (χ4v) is 1.71. The van der Waals surface area contributed by atoms with E-state index in [9.17, 15) is 0 Å². The highest BCUT2D eigenvalue weighted by molar-refractivity contribution is 5.14. The number of hydroxylamine groups is 4. The van der Waals surface area contributed by atoms with E-state index in [2.05, 4.69) is 12.1 Å². The van der Waals surface area contributed by atoms with Crippen LogP contribution in [0.5, 0.6) is 0 Å². The Hall–Kier alpha value is -1.72. The van der Waals surface area contributed by atoms with Crippen molar-refractivity contribution in [3.8, 4) is 0 Å². The molecule has 5 nitrogen and oxygen atoms in total. The van der Waals surface area contributed by atoms with Gasteiger partial charge in [0.25, 0.3) is 0 Å². The molecule has 0 aromatic heterocycles. The minimum absolute atomic E-state index is 0.202. The fraction of sp³-hybridized carbons (Fsp3) is 0.333. The van der Waals surface area contributed by atoms with Crippen molar-refractivity contribution in [3.63, 3.8) is 0 Å². The molecule has 1 aromatic carbocycles. The summed E-state index contributed by atoms with van der Waals surface area (Å²) in [6, 6.07) is 10.4. The zero-order chi connectivity index (χ0) is 12.1. The molecule has 1 aliphatic heterocycles. The number of hydrogen-bond donors (Lipinski definition) is 2. The Labute approximate surface area is 101 Å². The summed E-state index contributed by atoms with van der Waals surface area (Å²) < 4.78 is 0. The van der Waals surface area contributed by atoms with Crippen LogP contribution >= 0.6 is 0 Å². The third-order valence-electron chi connectivity index (χ3n) is 2.62. The van der Waals surface area contributed by atoms with Crippen LogP contribution in [0.1, 0.15) is 18.4 Å². The SMILES string of the molecule is NC1=CN(CCCCc2ccccc2)ON1O. The monoisotopic (exact) mass is 235 g/mol. The van der Waals surface area contributed by atoms with Crippen LogP contribution in [0.3, 0.4) is 0 Å². The number of hydrogen-bond acceptors (Lipinski definition) is 5. The maximum Gasteiger partial charge on any atom is 0.175 e. The van der Waals surface area contributed by atoms with Gasteiger partial charge in [-0.25, -0.2) is 5.06 Å². The van der Waals surface area contributed by atoms with Crippen LogP contribution in [-0.2, 0) is 11.4 Å². The van der Waals surface area contributed by atoms with Gasteiger partial charge in [0.15, 0.2) is 5.82 Å². The molecule has 0 amide bonds. The minimum atomic E-state index is 0.202. The van der Waals surface area contributed by atoms with Crippen molar-refractivity contribution in [1.82, 2.24) is 10.3 Å². The summed E-state index contributed by atoms with van der Waals surface area (Å²) in [5.41, 5.74) is 6.78. The Morgan fingerprint density at radius 1 is 1.18 bits per heavy atom. The molecule has 2 rings (SSSR count). The molecule has 92 valence electrons. The maximum absolute atomic E-state index is 9.08. The lowest BCUT2D eigenvalue weighted by Gasteiger charge is -2.14. The van der Waals surface area contributed by atoms with Gasteiger partial charge in [-0.05, 0) is 24.8 Å². The summed E-state index contributed by atoms with van der Waals surface area (Å²) in [6.45, 7) is 0.713. The number of aryl methyl sites for hydroxylation is 1. The van der Waals surface area contributed by atoms with Gasteiger partial charge in [0, 0.05) is 6.54 Å². The Morgan fingerprint density at radius 2 is 1.94 bits per heavy atom. The normalized spacial score (nSPS) is 15.2. The third kappa shape index (κ3) is 3.37. The van der Waals surface area contributed by atoms with Gasteiger partial charge in [-0.15, -0.1) is 4.94 Å². The lowest BCUT2D eigenvalue weighted by Crippen LogP contribution is -2.23. The number of rotatable bonds is 5. The molecule has 1 aliphatic rings. The maximum atomic E-state index is 9.08. The largest absolute Gasteiger partial charge is 0.380 e. The van der Waals surface area contributed by atoms with Gasteiger partial charge in [0.05, 0.1) is 6.20 Å². The van der Waals surface area contributed by atoms with E-state index in [1.54, 1.807) is 6.20 Å². The Kier molecular flexibility index (Phi) is 3.85. The van der Waals surface area contributed by atoms with Crippen molar-refractivity contribution in [2.75, 3.05) is 6.54 Å². The first-order valence-corrected chi connectivity index (χ1v) is 5.70. The van der Waals surface area contributed by atoms with Gasteiger partial charge in [-0.1, -0.05) is 35.6 Å². The number of nitrogens with two attached hydrogens (primary N) is 1. The fourth-order valence-electron chi connectivity index (χ4n) is 1.71. The van der Waals surface area contributed by atoms with E-state index in [1.807, 2.05) is 18.2 Å². The van der Waals surface area contributed by atoms with Crippen LogP contribution in [0.15, 0.2) is 42.4 Å². The summed E-state index contributed by atoms with van der Waals surface area (Å²) in [6.07, 6.45) is 4.68. The lowest BCUT2D eigenvalue weighted by molar-refractivity contribution is -0.387. The number of nitrogens with zero attached hydrogens (tertiary/aromatic N) is 2. The quantitative estimate of drug-likeness (QED) is 0.759. The van der Waals surface area contributed by atoms with Crippen LogP contribution in [-0.4, -0.2) is 22.0 Å². The van der Waals surface area contributed by atoms with Gasteiger partial charge < -0.3 is 5.73 Å². The second-order valence-electron chi connectivity index (χ2n) is 3.99. The predicted octanol–water partition coefficient (Wildman–Crippen LogP) is 1.62. The second kappa shape index (κ2) is 5.56. The summed E-state index contributed by atoms with van der Waals surface area (Å²) in [4.78, 5) is 4.93. The summed E-state index contributed by atoms with van der Waals surface area (Å²) in [5.74, 6) is 0.202. The molecule has 0 saturated heterocycles. The van der Waals surface area contributed by atoms with Crippen molar-refractivity contribution in [3.05, 3.63) is 47.9 Å². The molecular formula is C12H17N3O2. The molecule has 1 aromatic rings. The molecule has 0 atom stereocenters. The Bertz CT molecular complexity index is 381. The molecule has 5 heteroatoms. The van der Waals surface area contributed by atoms with Gasteiger partial charge in [-0.3, -0.25) is 5.21 Å². The van der Waals surface area contributed by atoms with Crippen LogP contribution in [0, 0.1) is 0 Å². The molecule has 0 unspecified atom stereocenters. The zero-order valence-electron chi connectivity index (χ0n) is 9.62. The highest BCUT2D eigenvalue weighted by Crippen LogP contribution is 2.12. The highest BCUT2D eigenvalue weighted by atomic mass is 17.0. The molecule has 17 heavy (non-hydrogen) atoms. The second-order valence-corrected chi connectivity index (χ2v) is 3.99. The number of benzene rings is 1. The van der Waals surface area contributed by atoms with E-state index in [0.29, 0.717) is 11.8 Å². The van der Waals surface area contributed by atoms with E-state index in [4.69, 9.17) is 15.9 Å². The smallest absolute Gasteiger partial charge is 0.175 e. The van der Waals surface area contributed by atoms with Gasteiger partial charge in [0.2, 0.25) is 0 Å². The zero-order valence-corrected chi connectivity index (χ0v) is 9.62. The van der Waals surface area contributed by atoms with Crippen LogP contribution in [0.25, 0.3) is 0 Å². The van der Waals surface area contributed by atoms with Crippen molar-refractivity contribution in [1.29, 1.82) is 0 Å². The first kappa shape index (κ1) is 11.8. The first-order valence-electron chi connectivity index (χ1n) is 5.70. The average Bonchev–Trinajstić information content (AvgIpc) is 2.66. The number of unbranched alkanes of at least 4 members (excludes halogenated alkanes) is 1. The van der Waals surface area contributed by atoms with E-state index in [0.717, 1.165) is 19.3 Å². The van der Waals surface area contributed by atoms with E-state index < -0.39 is 0 Å². The summed E-state index contributed by atoms with van der Waals surface area (Å²) in [7, 11) is 0. The highest BCUT2D eigenvalue weighted by Gasteiger charge is 2.17. The Morgan fingerprint density at radius 3 is 2.59 bits per heavy atom. The molecule has 1 heterocycles. The van der Waals surface area contributed by atoms with E-state index in [1.165, 1.54) is 10.6 Å². The van der Waals surface area contributed by atoms with Crippen molar-refractivity contribution >= 4 is 0 Å². The first-order chi connectivity index (χ1) is 8.25. The van der Waals surface area contributed by atoms with Crippen LogP contribution in [0.4, 0.5) is 0 Å². The van der Waals surface area contributed by atoms with E-state index in [-0.39, 0.29) is 5.82 Å². The van der Waals surface area contributed by atoms with Gasteiger partial charge >= 0.3 is 0 Å². The van der Waals surface area contributed by atoms with Gasteiger partial charge in [-0.2, -0.15) is 0 Å². The van der Waals surface area contributed by atoms with Crippen LogP contribution in [0.2, 0.25) is 0 Å². The molecule has 0 aliphatic carbocycles. The molecule has 0 saturated carbocycles.